The van der Waals surface area contributed by atoms with E-state index in [9.17, 15) is 9.90 Å². The molecule has 3 rings (SSSR count). The van der Waals surface area contributed by atoms with E-state index < -0.39 is 5.97 Å². The molecule has 0 saturated carbocycles. The van der Waals surface area contributed by atoms with Crippen molar-refractivity contribution in [1.29, 1.82) is 0 Å². The van der Waals surface area contributed by atoms with Crippen LogP contribution in [0.1, 0.15) is 21.7 Å². The molecule has 2 N–H and O–H groups in total. The summed E-state index contributed by atoms with van der Waals surface area (Å²) in [5.41, 5.74) is 2.89. The number of benzene rings is 2. The van der Waals surface area contributed by atoms with E-state index >= 15 is 0 Å². The van der Waals surface area contributed by atoms with Crippen molar-refractivity contribution in [1.82, 2.24) is 0 Å². The van der Waals surface area contributed by atoms with Gasteiger partial charge >= 0.3 is 5.97 Å². The first-order valence-corrected chi connectivity index (χ1v) is 6.70. The Bertz CT molecular complexity index is 805. The normalized spacial score (nSPS) is 10.7. The van der Waals surface area contributed by atoms with Gasteiger partial charge in [0, 0.05) is 11.1 Å². The second-order valence-electron chi connectivity index (χ2n) is 4.87. The minimum absolute atomic E-state index is 0.228. The molecule has 0 aliphatic rings. The summed E-state index contributed by atoms with van der Waals surface area (Å²) in [7, 11) is 0. The zero-order valence-electron chi connectivity index (χ0n) is 11.6. The molecule has 0 bridgehead atoms. The van der Waals surface area contributed by atoms with Crippen molar-refractivity contribution in [2.24, 2.45) is 0 Å². The van der Waals surface area contributed by atoms with Crippen LogP contribution >= 0.6 is 0 Å². The molecule has 0 fully saturated rings. The van der Waals surface area contributed by atoms with Gasteiger partial charge in [-0.15, -0.1) is 0 Å². The summed E-state index contributed by atoms with van der Waals surface area (Å²) >= 11 is 0. The van der Waals surface area contributed by atoms with Crippen LogP contribution in [0.5, 0.6) is 0 Å². The molecule has 1 aromatic heterocycles. The topological polar surface area (TPSA) is 62.5 Å². The average Bonchev–Trinajstić information content (AvgIpc) is 2.85. The third-order valence-corrected chi connectivity index (χ3v) is 3.47. The van der Waals surface area contributed by atoms with Gasteiger partial charge in [-0.3, -0.25) is 0 Å². The summed E-state index contributed by atoms with van der Waals surface area (Å²) in [6, 6.07) is 15.0. The van der Waals surface area contributed by atoms with Gasteiger partial charge in [0.15, 0.2) is 0 Å². The van der Waals surface area contributed by atoms with Gasteiger partial charge in [0.1, 0.15) is 16.9 Å². The van der Waals surface area contributed by atoms with Crippen LogP contribution < -0.4 is 5.32 Å². The van der Waals surface area contributed by atoms with Crippen LogP contribution in [-0.4, -0.2) is 11.1 Å². The Morgan fingerprint density at radius 1 is 1.14 bits per heavy atom. The molecule has 21 heavy (non-hydrogen) atoms. The molecule has 1 heterocycles. The van der Waals surface area contributed by atoms with Gasteiger partial charge < -0.3 is 14.8 Å². The van der Waals surface area contributed by atoms with Crippen molar-refractivity contribution in [3.8, 4) is 0 Å². The zero-order valence-corrected chi connectivity index (χ0v) is 11.6. The summed E-state index contributed by atoms with van der Waals surface area (Å²) < 4.78 is 5.68. The van der Waals surface area contributed by atoms with Gasteiger partial charge in [-0.2, -0.15) is 0 Å². The number of para-hydroxylation sites is 2. The third kappa shape index (κ3) is 2.48. The lowest BCUT2D eigenvalue weighted by Gasteiger charge is -2.08. The number of carboxylic acid groups (broad SMARTS) is 1. The minimum atomic E-state index is -0.971. The van der Waals surface area contributed by atoms with Crippen molar-refractivity contribution in [3.63, 3.8) is 0 Å². The first-order valence-electron chi connectivity index (χ1n) is 6.70. The van der Waals surface area contributed by atoms with E-state index in [4.69, 9.17) is 4.42 Å². The van der Waals surface area contributed by atoms with Gasteiger partial charge in [-0.25, -0.2) is 4.79 Å². The molecule has 4 nitrogen and oxygen atoms in total. The maximum Gasteiger partial charge on any atom is 0.339 e. The molecule has 0 atom stereocenters. The highest BCUT2D eigenvalue weighted by molar-refractivity contribution is 6.03. The van der Waals surface area contributed by atoms with E-state index in [0.717, 1.165) is 11.3 Å². The second kappa shape index (κ2) is 5.32. The van der Waals surface area contributed by atoms with Crippen LogP contribution in [0, 0.1) is 6.92 Å². The summed E-state index contributed by atoms with van der Waals surface area (Å²) in [5.74, 6) is -0.534. The van der Waals surface area contributed by atoms with E-state index in [-0.39, 0.29) is 5.56 Å². The first-order chi connectivity index (χ1) is 10.2. The predicted octanol–water partition coefficient (Wildman–Crippen LogP) is 4.05. The SMILES string of the molecule is Cc1ccccc1NCc1oc2ccccc2c1C(=O)O. The Hall–Kier alpha value is -2.75. The maximum absolute atomic E-state index is 11.5. The molecule has 0 unspecified atom stereocenters. The average molecular weight is 281 g/mol. The number of carboxylic acids is 1. The molecule has 0 saturated heterocycles. The minimum Gasteiger partial charge on any atom is -0.478 e. The lowest BCUT2D eigenvalue weighted by atomic mass is 10.1. The van der Waals surface area contributed by atoms with Gasteiger partial charge in [0.05, 0.1) is 6.54 Å². The number of anilines is 1. The number of nitrogens with one attached hydrogen (secondary N) is 1. The summed E-state index contributed by atoms with van der Waals surface area (Å²) in [6.45, 7) is 2.33. The van der Waals surface area contributed by atoms with Crippen LogP contribution in [0.4, 0.5) is 5.69 Å². The Morgan fingerprint density at radius 2 is 1.86 bits per heavy atom. The number of carbonyl (C=O) groups is 1. The summed E-state index contributed by atoms with van der Waals surface area (Å²) in [6.07, 6.45) is 0. The van der Waals surface area contributed by atoms with Gasteiger partial charge in [-0.1, -0.05) is 36.4 Å². The third-order valence-electron chi connectivity index (χ3n) is 3.47. The molecule has 2 aromatic carbocycles. The fourth-order valence-electron chi connectivity index (χ4n) is 2.40. The van der Waals surface area contributed by atoms with Gasteiger partial charge in [0.25, 0.3) is 0 Å². The van der Waals surface area contributed by atoms with E-state index in [2.05, 4.69) is 5.32 Å². The lowest BCUT2D eigenvalue weighted by Crippen LogP contribution is -2.05. The van der Waals surface area contributed by atoms with Crippen LogP contribution in [-0.2, 0) is 6.54 Å². The van der Waals surface area contributed by atoms with Crippen LogP contribution in [0.2, 0.25) is 0 Å². The number of fused-ring (bicyclic) bond motifs is 1. The number of aromatic carboxylic acids is 1. The van der Waals surface area contributed by atoms with Crippen LogP contribution in [0.3, 0.4) is 0 Å². The molecular weight excluding hydrogens is 266 g/mol. The fraction of sp³-hybridized carbons (Fsp3) is 0.118. The number of hydrogen-bond donors (Lipinski definition) is 2. The number of furan rings is 1. The highest BCUT2D eigenvalue weighted by atomic mass is 16.4. The van der Waals surface area contributed by atoms with Crippen molar-refractivity contribution in [3.05, 3.63) is 65.4 Å². The summed E-state index contributed by atoms with van der Waals surface area (Å²) in [4.78, 5) is 11.5. The zero-order chi connectivity index (χ0) is 14.8. The highest BCUT2D eigenvalue weighted by Crippen LogP contribution is 2.27. The van der Waals surface area contributed by atoms with Crippen molar-refractivity contribution in [2.45, 2.75) is 13.5 Å². The van der Waals surface area contributed by atoms with E-state index in [1.54, 1.807) is 12.1 Å². The molecule has 0 radical (unpaired) electrons. The molecule has 0 amide bonds. The molecule has 0 spiro atoms. The lowest BCUT2D eigenvalue weighted by molar-refractivity contribution is 0.0696. The van der Waals surface area contributed by atoms with E-state index in [1.165, 1.54) is 0 Å². The Morgan fingerprint density at radius 3 is 2.62 bits per heavy atom. The van der Waals surface area contributed by atoms with Gasteiger partial charge in [-0.05, 0) is 24.6 Å². The summed E-state index contributed by atoms with van der Waals surface area (Å²) in [5, 5.41) is 13.3. The monoisotopic (exact) mass is 281 g/mol. The second-order valence-corrected chi connectivity index (χ2v) is 4.87. The quantitative estimate of drug-likeness (QED) is 0.757. The highest BCUT2D eigenvalue weighted by Gasteiger charge is 2.19. The Balaban J connectivity index is 1.95. The predicted molar refractivity (Wildman–Crippen MR) is 81.7 cm³/mol. The molecule has 106 valence electrons. The number of hydrogen-bond acceptors (Lipinski definition) is 3. The van der Waals surface area contributed by atoms with E-state index in [1.807, 2.05) is 43.3 Å². The number of aryl methyl sites for hydroxylation is 1. The molecule has 0 aliphatic carbocycles. The van der Waals surface area contributed by atoms with Crippen LogP contribution in [0.25, 0.3) is 11.0 Å². The number of rotatable bonds is 4. The largest absolute Gasteiger partial charge is 0.478 e. The Labute approximate surface area is 122 Å². The van der Waals surface area contributed by atoms with Crippen molar-refractivity contribution in [2.75, 3.05) is 5.32 Å². The molecule has 0 aliphatic heterocycles. The van der Waals surface area contributed by atoms with Gasteiger partial charge in [0.2, 0.25) is 0 Å². The van der Waals surface area contributed by atoms with Crippen molar-refractivity contribution >= 4 is 22.6 Å². The standard InChI is InChI=1S/C17H15NO3/c1-11-6-2-4-8-13(11)18-10-15-16(17(19)20)12-7-3-5-9-14(12)21-15/h2-9,18H,10H2,1H3,(H,19,20). The molecule has 3 aromatic rings. The smallest absolute Gasteiger partial charge is 0.339 e. The van der Waals surface area contributed by atoms with Crippen molar-refractivity contribution < 1.29 is 14.3 Å². The maximum atomic E-state index is 11.5. The molecular formula is C17H15NO3. The Kier molecular flexibility index (Phi) is 3.36. The molecule has 4 heteroatoms. The van der Waals surface area contributed by atoms with Crippen LogP contribution in [0.15, 0.2) is 52.9 Å². The van der Waals surface area contributed by atoms with E-state index in [0.29, 0.717) is 23.3 Å². The first kappa shape index (κ1) is 13.2. The fourth-order valence-corrected chi connectivity index (χ4v) is 2.40.